The van der Waals surface area contributed by atoms with E-state index in [-0.39, 0.29) is 25.5 Å². The number of hydrogen-bond acceptors (Lipinski definition) is 7. The van der Waals surface area contributed by atoms with Crippen molar-refractivity contribution in [2.45, 2.75) is 39.9 Å². The van der Waals surface area contributed by atoms with E-state index in [2.05, 4.69) is 0 Å². The molecule has 0 bridgehead atoms. The molecule has 0 aliphatic heterocycles. The van der Waals surface area contributed by atoms with E-state index in [0.717, 1.165) is 0 Å². The molecule has 2 N–H and O–H groups in total. The van der Waals surface area contributed by atoms with Crippen molar-refractivity contribution in [1.82, 2.24) is 0 Å². The molecule has 24 heavy (non-hydrogen) atoms. The summed E-state index contributed by atoms with van der Waals surface area (Å²) in [5.74, 6) is -0.917. The van der Waals surface area contributed by atoms with Gasteiger partial charge in [0.05, 0.1) is 6.54 Å². The van der Waals surface area contributed by atoms with Crippen LogP contribution in [0.4, 0.5) is 0 Å². The summed E-state index contributed by atoms with van der Waals surface area (Å²) >= 11 is 0. The van der Waals surface area contributed by atoms with E-state index >= 15 is 0 Å². The van der Waals surface area contributed by atoms with Gasteiger partial charge in [-0.3, -0.25) is 9.59 Å². The average Bonchev–Trinajstić information content (AvgIpc) is 2.48. The Morgan fingerprint density at radius 2 is 1.83 bits per heavy atom. The van der Waals surface area contributed by atoms with Gasteiger partial charge in [0.1, 0.15) is 18.0 Å². The van der Waals surface area contributed by atoms with Crippen molar-refractivity contribution >= 4 is 17.7 Å². The van der Waals surface area contributed by atoms with Crippen LogP contribution in [0, 0.1) is 0 Å². The number of carbonyl (C=O) groups is 3. The number of Topliss-reactive ketones (excluding diaryl/α,β-unsaturated/α-hetero) is 1. The predicted molar refractivity (Wildman–Crippen MR) is 86.6 cm³/mol. The summed E-state index contributed by atoms with van der Waals surface area (Å²) < 4.78 is 15.5. The Morgan fingerprint density at radius 3 is 2.38 bits per heavy atom. The topological polar surface area (TPSA) is 105 Å². The highest BCUT2D eigenvalue weighted by molar-refractivity contribution is 5.97. The largest absolute Gasteiger partial charge is 0.481 e. The zero-order valence-electron chi connectivity index (χ0n) is 14.4. The number of esters is 2. The third-order valence-corrected chi connectivity index (χ3v) is 2.76. The first kappa shape index (κ1) is 19.6. The zero-order chi connectivity index (χ0) is 18.3. The highest BCUT2D eigenvalue weighted by Crippen LogP contribution is 2.22. The molecule has 0 radical (unpaired) electrons. The number of hydrogen-bond donors (Lipinski definition) is 1. The number of rotatable bonds is 7. The zero-order valence-corrected chi connectivity index (χ0v) is 14.4. The average molecular weight is 337 g/mol. The number of nitrogens with two attached hydrogens (primary N) is 1. The molecule has 0 aliphatic rings. The van der Waals surface area contributed by atoms with E-state index < -0.39 is 17.5 Å². The molecule has 0 heterocycles. The van der Waals surface area contributed by atoms with E-state index in [1.165, 1.54) is 25.1 Å². The van der Waals surface area contributed by atoms with Crippen LogP contribution in [0.3, 0.4) is 0 Å². The Bertz CT molecular complexity index is 618. The molecule has 0 saturated heterocycles. The van der Waals surface area contributed by atoms with Crippen LogP contribution in [-0.4, -0.2) is 36.5 Å². The van der Waals surface area contributed by atoms with Crippen molar-refractivity contribution in [2.24, 2.45) is 5.73 Å². The van der Waals surface area contributed by atoms with E-state index in [1.54, 1.807) is 20.8 Å². The summed E-state index contributed by atoms with van der Waals surface area (Å²) in [6, 6.07) is 4.60. The molecule has 1 rings (SSSR count). The van der Waals surface area contributed by atoms with Crippen molar-refractivity contribution in [1.29, 1.82) is 0 Å². The summed E-state index contributed by atoms with van der Waals surface area (Å²) in [6.45, 7) is 6.03. The van der Waals surface area contributed by atoms with Gasteiger partial charge in [0.15, 0.2) is 12.4 Å². The van der Waals surface area contributed by atoms with E-state index in [4.69, 9.17) is 19.9 Å². The second-order valence-electron chi connectivity index (χ2n) is 6.11. The highest BCUT2D eigenvalue weighted by Gasteiger charge is 2.18. The van der Waals surface area contributed by atoms with Crippen molar-refractivity contribution in [3.63, 3.8) is 0 Å². The fourth-order valence-corrected chi connectivity index (χ4v) is 1.81. The maximum atomic E-state index is 11.7. The molecule has 7 nitrogen and oxygen atoms in total. The summed E-state index contributed by atoms with van der Waals surface area (Å²) in [4.78, 5) is 34.4. The lowest BCUT2D eigenvalue weighted by Crippen LogP contribution is -2.27. The van der Waals surface area contributed by atoms with Crippen molar-refractivity contribution in [3.8, 4) is 5.75 Å². The first-order valence-electron chi connectivity index (χ1n) is 7.46. The molecule has 0 fully saturated rings. The van der Waals surface area contributed by atoms with Crippen LogP contribution >= 0.6 is 0 Å². The maximum Gasteiger partial charge on any atom is 0.344 e. The molecule has 0 unspecified atom stereocenters. The third-order valence-electron chi connectivity index (χ3n) is 2.76. The molecule has 7 heteroatoms. The standard InChI is InChI=1S/C17H23NO6/c1-11(19)22-9-13-7-12(14(20)8-18)5-6-15(13)23-10-16(21)24-17(2,3)4/h5-7H,8-10,18H2,1-4H3. The monoisotopic (exact) mass is 337 g/mol. The van der Waals surface area contributed by atoms with Crippen molar-refractivity contribution in [2.75, 3.05) is 13.2 Å². The Kier molecular flexibility index (Phi) is 6.91. The Morgan fingerprint density at radius 1 is 1.17 bits per heavy atom. The van der Waals surface area contributed by atoms with Crippen LogP contribution in [0.15, 0.2) is 18.2 Å². The molecule has 1 aromatic carbocycles. The van der Waals surface area contributed by atoms with Crippen molar-refractivity contribution < 1.29 is 28.6 Å². The summed E-state index contributed by atoms with van der Waals surface area (Å²) in [7, 11) is 0. The van der Waals surface area contributed by atoms with Crippen LogP contribution in [0.25, 0.3) is 0 Å². The van der Waals surface area contributed by atoms with E-state index in [0.29, 0.717) is 16.9 Å². The van der Waals surface area contributed by atoms with Gasteiger partial charge in [0.2, 0.25) is 0 Å². The van der Waals surface area contributed by atoms with Gasteiger partial charge in [0.25, 0.3) is 0 Å². The number of carbonyl (C=O) groups excluding carboxylic acids is 3. The maximum absolute atomic E-state index is 11.7. The quantitative estimate of drug-likeness (QED) is 0.595. The second-order valence-corrected chi connectivity index (χ2v) is 6.11. The Labute approximate surface area is 141 Å². The van der Waals surface area contributed by atoms with Gasteiger partial charge < -0.3 is 19.9 Å². The molecule has 132 valence electrons. The molecule has 0 aliphatic carbocycles. The fraction of sp³-hybridized carbons (Fsp3) is 0.471. The van der Waals surface area contributed by atoms with Crippen molar-refractivity contribution in [3.05, 3.63) is 29.3 Å². The van der Waals surface area contributed by atoms with E-state index in [1.807, 2.05) is 0 Å². The van der Waals surface area contributed by atoms with Crippen LogP contribution < -0.4 is 10.5 Å². The van der Waals surface area contributed by atoms with Gasteiger partial charge in [-0.05, 0) is 39.0 Å². The fourth-order valence-electron chi connectivity index (χ4n) is 1.81. The first-order valence-corrected chi connectivity index (χ1v) is 7.46. The molecule has 0 amide bonds. The van der Waals surface area contributed by atoms with Gasteiger partial charge in [-0.25, -0.2) is 4.79 Å². The molecule has 0 atom stereocenters. The number of benzene rings is 1. The molecule has 0 saturated carbocycles. The predicted octanol–water partition coefficient (Wildman–Crippen LogP) is 1.61. The summed E-state index contributed by atoms with van der Waals surface area (Å²) in [5, 5.41) is 0. The highest BCUT2D eigenvalue weighted by atomic mass is 16.6. The van der Waals surface area contributed by atoms with Gasteiger partial charge in [0, 0.05) is 18.1 Å². The van der Waals surface area contributed by atoms with Crippen LogP contribution in [0.2, 0.25) is 0 Å². The second kappa shape index (κ2) is 8.44. The lowest BCUT2D eigenvalue weighted by atomic mass is 10.1. The molecule has 1 aromatic rings. The smallest absolute Gasteiger partial charge is 0.344 e. The minimum atomic E-state index is -0.613. The lowest BCUT2D eigenvalue weighted by molar-refractivity contribution is -0.157. The van der Waals surface area contributed by atoms with Gasteiger partial charge in [-0.15, -0.1) is 0 Å². The number of ketones is 1. The van der Waals surface area contributed by atoms with Gasteiger partial charge >= 0.3 is 11.9 Å². The van der Waals surface area contributed by atoms with Crippen LogP contribution in [-0.2, 0) is 25.7 Å². The lowest BCUT2D eigenvalue weighted by Gasteiger charge is -2.20. The van der Waals surface area contributed by atoms with Gasteiger partial charge in [-0.1, -0.05) is 0 Å². The SMILES string of the molecule is CC(=O)OCc1cc(C(=O)CN)ccc1OCC(=O)OC(C)(C)C. The summed E-state index contributed by atoms with van der Waals surface area (Å²) in [6.07, 6.45) is 0. The third kappa shape index (κ3) is 6.78. The molecule has 0 aromatic heterocycles. The minimum absolute atomic E-state index is 0.0787. The van der Waals surface area contributed by atoms with Crippen LogP contribution in [0.1, 0.15) is 43.6 Å². The molecular formula is C17H23NO6. The van der Waals surface area contributed by atoms with Crippen LogP contribution in [0.5, 0.6) is 5.75 Å². The molecular weight excluding hydrogens is 314 g/mol. The molecule has 0 spiro atoms. The van der Waals surface area contributed by atoms with E-state index in [9.17, 15) is 14.4 Å². The Balaban J connectivity index is 2.89. The first-order chi connectivity index (χ1) is 11.1. The summed E-state index contributed by atoms with van der Waals surface area (Å²) in [5.41, 5.74) is 5.58. The Hall–Kier alpha value is -2.41. The van der Waals surface area contributed by atoms with Gasteiger partial charge in [-0.2, -0.15) is 0 Å². The minimum Gasteiger partial charge on any atom is -0.481 e. The number of ether oxygens (including phenoxy) is 3. The normalized spacial score (nSPS) is 10.9.